The molecule has 80 valence electrons. The molecule has 0 aromatic heterocycles. The zero-order chi connectivity index (χ0) is 10.6. The average Bonchev–Trinajstić information content (AvgIpc) is 2.08. The fourth-order valence-electron chi connectivity index (χ4n) is 1.61. The first-order valence-electron chi connectivity index (χ1n) is 4.82. The molecular formula is C9H16N2O3. The summed E-state index contributed by atoms with van der Waals surface area (Å²) in [6.07, 6.45) is 1.48. The minimum Gasteiger partial charge on any atom is -0.481 e. The van der Waals surface area contributed by atoms with Crippen LogP contribution >= 0.6 is 0 Å². The number of nitrogens with zero attached hydrogens (tertiary/aromatic N) is 1. The molecule has 1 atom stereocenters. The van der Waals surface area contributed by atoms with Crippen LogP contribution in [0, 0.1) is 0 Å². The molecule has 1 aliphatic rings. The summed E-state index contributed by atoms with van der Waals surface area (Å²) in [6.45, 7) is 1.33. The van der Waals surface area contributed by atoms with Gasteiger partial charge in [-0.15, -0.1) is 0 Å². The monoisotopic (exact) mass is 200 g/mol. The van der Waals surface area contributed by atoms with Crippen molar-refractivity contribution in [1.29, 1.82) is 0 Å². The van der Waals surface area contributed by atoms with Gasteiger partial charge in [-0.05, 0) is 6.42 Å². The second kappa shape index (κ2) is 5.07. The van der Waals surface area contributed by atoms with Crippen LogP contribution in [0.1, 0.15) is 25.7 Å². The molecule has 0 aromatic carbocycles. The van der Waals surface area contributed by atoms with Gasteiger partial charge >= 0.3 is 5.97 Å². The summed E-state index contributed by atoms with van der Waals surface area (Å²) in [4.78, 5) is 23.2. The van der Waals surface area contributed by atoms with E-state index in [4.69, 9.17) is 10.8 Å². The lowest BCUT2D eigenvalue weighted by molar-refractivity contribution is -0.137. The number of ketones is 1. The number of hydrogen-bond donors (Lipinski definition) is 2. The number of Topliss-reactive ketones (excluding diaryl/α,β-unsaturated/α-hetero) is 1. The first kappa shape index (κ1) is 11.1. The minimum absolute atomic E-state index is 0.164. The molecule has 0 amide bonds. The van der Waals surface area contributed by atoms with Gasteiger partial charge in [0.2, 0.25) is 0 Å². The third-order valence-electron chi connectivity index (χ3n) is 2.42. The molecule has 0 saturated carbocycles. The van der Waals surface area contributed by atoms with E-state index in [1.54, 1.807) is 0 Å². The maximum Gasteiger partial charge on any atom is 0.303 e. The van der Waals surface area contributed by atoms with Gasteiger partial charge in [0, 0.05) is 32.4 Å². The van der Waals surface area contributed by atoms with Gasteiger partial charge in [0.05, 0.1) is 6.17 Å². The fraction of sp³-hybridized carbons (Fsp3) is 0.778. The molecule has 5 nitrogen and oxygen atoms in total. The van der Waals surface area contributed by atoms with Crippen LogP contribution in [-0.2, 0) is 9.59 Å². The van der Waals surface area contributed by atoms with Crippen LogP contribution in [-0.4, -0.2) is 41.0 Å². The zero-order valence-corrected chi connectivity index (χ0v) is 8.11. The van der Waals surface area contributed by atoms with Gasteiger partial charge in [-0.1, -0.05) is 0 Å². The number of piperidine rings is 1. The standard InChI is InChI=1S/C9H16N2O3/c10-8-6-7(12)3-5-11(8)4-1-2-9(13)14/h8H,1-6,10H2,(H,13,14). The van der Waals surface area contributed by atoms with Crippen molar-refractivity contribution in [2.24, 2.45) is 5.73 Å². The zero-order valence-electron chi connectivity index (χ0n) is 8.11. The van der Waals surface area contributed by atoms with Crippen LogP contribution in [0.3, 0.4) is 0 Å². The number of likely N-dealkylation sites (tertiary alicyclic amines) is 1. The minimum atomic E-state index is -0.786. The van der Waals surface area contributed by atoms with E-state index in [9.17, 15) is 9.59 Å². The first-order valence-corrected chi connectivity index (χ1v) is 4.82. The molecule has 0 radical (unpaired) electrons. The maximum atomic E-state index is 11.0. The molecule has 3 N–H and O–H groups in total. The molecule has 1 aliphatic heterocycles. The Morgan fingerprint density at radius 2 is 2.36 bits per heavy atom. The van der Waals surface area contributed by atoms with Crippen LogP contribution < -0.4 is 5.73 Å². The quantitative estimate of drug-likeness (QED) is 0.656. The van der Waals surface area contributed by atoms with Gasteiger partial charge in [0.1, 0.15) is 5.78 Å². The Morgan fingerprint density at radius 1 is 1.64 bits per heavy atom. The first-order chi connectivity index (χ1) is 6.59. The summed E-state index contributed by atoms with van der Waals surface area (Å²) in [5.74, 6) is -0.585. The third kappa shape index (κ3) is 3.43. The van der Waals surface area contributed by atoms with E-state index < -0.39 is 5.97 Å². The summed E-state index contributed by atoms with van der Waals surface area (Å²) in [6, 6.07) is 0. The van der Waals surface area contributed by atoms with Crippen LogP contribution in [0.2, 0.25) is 0 Å². The molecule has 14 heavy (non-hydrogen) atoms. The molecule has 0 bridgehead atoms. The largest absolute Gasteiger partial charge is 0.481 e. The Morgan fingerprint density at radius 3 is 2.93 bits per heavy atom. The van der Waals surface area contributed by atoms with Gasteiger partial charge < -0.3 is 10.8 Å². The van der Waals surface area contributed by atoms with Crippen molar-refractivity contribution >= 4 is 11.8 Å². The number of carbonyl (C=O) groups excluding carboxylic acids is 1. The summed E-state index contributed by atoms with van der Waals surface area (Å²) in [5.41, 5.74) is 5.74. The van der Waals surface area contributed by atoms with Crippen molar-refractivity contribution in [3.05, 3.63) is 0 Å². The highest BCUT2D eigenvalue weighted by molar-refractivity contribution is 5.79. The second-order valence-corrected chi connectivity index (χ2v) is 3.59. The Labute approximate surface area is 82.9 Å². The van der Waals surface area contributed by atoms with Crippen LogP contribution in [0.25, 0.3) is 0 Å². The van der Waals surface area contributed by atoms with Gasteiger partial charge in [0.25, 0.3) is 0 Å². The lowest BCUT2D eigenvalue weighted by Crippen LogP contribution is -2.48. The number of rotatable bonds is 4. The van der Waals surface area contributed by atoms with Gasteiger partial charge in [0.15, 0.2) is 0 Å². The van der Waals surface area contributed by atoms with Crippen molar-refractivity contribution in [3.8, 4) is 0 Å². The lowest BCUT2D eigenvalue weighted by Gasteiger charge is -2.31. The van der Waals surface area contributed by atoms with E-state index in [0.29, 0.717) is 32.4 Å². The average molecular weight is 200 g/mol. The highest BCUT2D eigenvalue weighted by Gasteiger charge is 2.23. The number of hydrogen-bond acceptors (Lipinski definition) is 4. The van der Waals surface area contributed by atoms with Crippen LogP contribution in [0.15, 0.2) is 0 Å². The summed E-state index contributed by atoms with van der Waals surface area (Å²) >= 11 is 0. The number of carboxylic acids is 1. The SMILES string of the molecule is NC1CC(=O)CCN1CCCC(=O)O. The number of nitrogens with two attached hydrogens (primary N) is 1. The molecular weight excluding hydrogens is 184 g/mol. The highest BCUT2D eigenvalue weighted by atomic mass is 16.4. The third-order valence-corrected chi connectivity index (χ3v) is 2.42. The molecule has 1 unspecified atom stereocenters. The van der Waals surface area contributed by atoms with E-state index in [-0.39, 0.29) is 18.4 Å². The summed E-state index contributed by atoms with van der Waals surface area (Å²) in [5, 5.41) is 8.45. The highest BCUT2D eigenvalue weighted by Crippen LogP contribution is 2.10. The molecule has 0 aliphatic carbocycles. The van der Waals surface area contributed by atoms with Crippen molar-refractivity contribution < 1.29 is 14.7 Å². The predicted molar refractivity (Wildman–Crippen MR) is 50.7 cm³/mol. The van der Waals surface area contributed by atoms with Crippen molar-refractivity contribution in [1.82, 2.24) is 4.90 Å². The fourth-order valence-corrected chi connectivity index (χ4v) is 1.61. The molecule has 0 aromatic rings. The molecule has 1 heterocycles. The molecule has 5 heteroatoms. The van der Waals surface area contributed by atoms with E-state index >= 15 is 0 Å². The summed E-state index contributed by atoms with van der Waals surface area (Å²) < 4.78 is 0. The van der Waals surface area contributed by atoms with E-state index in [2.05, 4.69) is 0 Å². The predicted octanol–water partition coefficient (Wildman–Crippen LogP) is -0.199. The Balaban J connectivity index is 2.24. The normalized spacial score (nSPS) is 23.8. The van der Waals surface area contributed by atoms with Crippen LogP contribution in [0.4, 0.5) is 0 Å². The topological polar surface area (TPSA) is 83.6 Å². The number of aliphatic carboxylic acids is 1. The maximum absolute atomic E-state index is 11.0. The Kier molecular flexibility index (Phi) is 4.03. The lowest BCUT2D eigenvalue weighted by atomic mass is 10.1. The van der Waals surface area contributed by atoms with E-state index in [1.165, 1.54) is 0 Å². The van der Waals surface area contributed by atoms with Crippen LogP contribution in [0.5, 0.6) is 0 Å². The molecule has 1 saturated heterocycles. The number of carboxylic acid groups (broad SMARTS) is 1. The Hall–Kier alpha value is -0.940. The Bertz CT molecular complexity index is 230. The summed E-state index contributed by atoms with van der Waals surface area (Å²) in [7, 11) is 0. The van der Waals surface area contributed by atoms with Gasteiger partial charge in [-0.25, -0.2) is 0 Å². The molecule has 0 spiro atoms. The van der Waals surface area contributed by atoms with E-state index in [1.807, 2.05) is 4.90 Å². The molecule has 1 fully saturated rings. The van der Waals surface area contributed by atoms with Gasteiger partial charge in [-0.2, -0.15) is 0 Å². The smallest absolute Gasteiger partial charge is 0.303 e. The molecule has 1 rings (SSSR count). The van der Waals surface area contributed by atoms with Gasteiger partial charge in [-0.3, -0.25) is 14.5 Å². The van der Waals surface area contributed by atoms with Crippen molar-refractivity contribution in [2.45, 2.75) is 31.8 Å². The van der Waals surface area contributed by atoms with Crippen molar-refractivity contribution in [2.75, 3.05) is 13.1 Å². The number of carbonyl (C=O) groups is 2. The van der Waals surface area contributed by atoms with Crippen molar-refractivity contribution in [3.63, 3.8) is 0 Å². The van der Waals surface area contributed by atoms with E-state index in [0.717, 1.165) is 0 Å². The second-order valence-electron chi connectivity index (χ2n) is 3.59.